The van der Waals surface area contributed by atoms with Gasteiger partial charge in [0.15, 0.2) is 0 Å². The number of nitrogens with one attached hydrogen (secondary N) is 1. The zero-order valence-electron chi connectivity index (χ0n) is 14.9. The molecule has 134 valence electrons. The molecule has 0 fully saturated rings. The Labute approximate surface area is 166 Å². The Morgan fingerprint density at radius 1 is 0.786 bits per heavy atom. The van der Waals surface area contributed by atoms with Crippen LogP contribution in [0.4, 0.5) is 5.69 Å². The molecule has 5 aromatic rings. The predicted molar refractivity (Wildman–Crippen MR) is 117 cm³/mol. The van der Waals surface area contributed by atoms with Crippen LogP contribution in [0.2, 0.25) is 0 Å². The van der Waals surface area contributed by atoms with Gasteiger partial charge >= 0.3 is 0 Å². The molecule has 0 aliphatic rings. The third-order valence-electron chi connectivity index (χ3n) is 4.73. The number of carbonyl (C=O) groups excluding carboxylic acids is 1. The lowest BCUT2D eigenvalue weighted by atomic mass is 10.0. The van der Waals surface area contributed by atoms with Crippen LogP contribution in [0.3, 0.4) is 0 Å². The van der Waals surface area contributed by atoms with E-state index in [1.54, 1.807) is 11.3 Å². The minimum atomic E-state index is -0.120. The number of hydrogen-bond acceptors (Lipinski definition) is 3. The van der Waals surface area contributed by atoms with E-state index < -0.39 is 0 Å². The summed E-state index contributed by atoms with van der Waals surface area (Å²) in [5, 5.41) is 5.98. The van der Waals surface area contributed by atoms with Crippen molar-refractivity contribution < 1.29 is 4.79 Å². The lowest BCUT2D eigenvalue weighted by Crippen LogP contribution is -2.13. The van der Waals surface area contributed by atoms with Crippen LogP contribution < -0.4 is 5.32 Å². The molecule has 1 heterocycles. The van der Waals surface area contributed by atoms with E-state index in [-0.39, 0.29) is 5.91 Å². The van der Waals surface area contributed by atoms with Crippen LogP contribution in [-0.4, -0.2) is 10.9 Å². The molecule has 5 rings (SSSR count). The highest BCUT2D eigenvalue weighted by Gasteiger charge is 2.14. The topological polar surface area (TPSA) is 42.0 Å². The molecule has 1 amide bonds. The zero-order chi connectivity index (χ0) is 18.9. The van der Waals surface area contributed by atoms with Crippen molar-refractivity contribution in [3.8, 4) is 10.6 Å². The Hall–Kier alpha value is -3.50. The van der Waals surface area contributed by atoms with E-state index in [4.69, 9.17) is 4.98 Å². The fourth-order valence-corrected chi connectivity index (χ4v) is 4.38. The number of hydrogen-bond donors (Lipinski definition) is 1. The Bertz CT molecular complexity index is 1280. The third-order valence-corrected chi connectivity index (χ3v) is 5.80. The molecule has 0 atom stereocenters. The molecule has 0 spiro atoms. The Kier molecular flexibility index (Phi) is 4.11. The van der Waals surface area contributed by atoms with Crippen LogP contribution in [0.15, 0.2) is 91.0 Å². The number of aromatic nitrogens is 1. The Balaban J connectivity index is 1.55. The summed E-state index contributed by atoms with van der Waals surface area (Å²) >= 11 is 1.63. The van der Waals surface area contributed by atoms with Crippen molar-refractivity contribution in [3.05, 3.63) is 96.6 Å². The average Bonchev–Trinajstić information content (AvgIpc) is 3.18. The molecular weight excluding hydrogens is 364 g/mol. The van der Waals surface area contributed by atoms with Crippen molar-refractivity contribution in [2.75, 3.05) is 5.32 Å². The standard InChI is InChI=1S/C24H16N2OS/c27-23(18-12-7-9-16-8-1-2-10-17(16)18)25-20-13-4-3-11-19(20)24-26-21-14-5-6-15-22(21)28-24/h1-15H,(H,25,27). The molecule has 4 aromatic carbocycles. The monoisotopic (exact) mass is 380 g/mol. The van der Waals surface area contributed by atoms with Crippen molar-refractivity contribution >= 4 is 43.9 Å². The van der Waals surface area contributed by atoms with Gasteiger partial charge in [-0.25, -0.2) is 4.98 Å². The first kappa shape index (κ1) is 16.7. The molecule has 4 heteroatoms. The molecule has 0 aliphatic heterocycles. The SMILES string of the molecule is O=C(Nc1ccccc1-c1nc2ccccc2s1)c1cccc2ccccc12. The van der Waals surface area contributed by atoms with E-state index >= 15 is 0 Å². The van der Waals surface area contributed by atoms with Gasteiger partial charge in [0.2, 0.25) is 0 Å². The maximum Gasteiger partial charge on any atom is 0.256 e. The van der Waals surface area contributed by atoms with E-state index in [1.165, 1.54) is 0 Å². The number of para-hydroxylation sites is 2. The molecule has 0 aliphatic carbocycles. The smallest absolute Gasteiger partial charge is 0.256 e. The maximum atomic E-state index is 13.1. The summed E-state index contributed by atoms with van der Waals surface area (Å²) in [6, 6.07) is 29.6. The van der Waals surface area contributed by atoms with Crippen molar-refractivity contribution in [1.82, 2.24) is 4.98 Å². The van der Waals surface area contributed by atoms with Gasteiger partial charge in [0.25, 0.3) is 5.91 Å². The Morgan fingerprint density at radius 3 is 2.46 bits per heavy atom. The highest BCUT2D eigenvalue weighted by atomic mass is 32.1. The van der Waals surface area contributed by atoms with Gasteiger partial charge in [0, 0.05) is 11.1 Å². The van der Waals surface area contributed by atoms with Gasteiger partial charge in [-0.2, -0.15) is 0 Å². The van der Waals surface area contributed by atoms with Crippen molar-refractivity contribution in [2.45, 2.75) is 0 Å². The van der Waals surface area contributed by atoms with Gasteiger partial charge < -0.3 is 5.32 Å². The molecule has 1 N–H and O–H groups in total. The number of amides is 1. The number of carbonyl (C=O) groups is 1. The first-order valence-electron chi connectivity index (χ1n) is 9.04. The zero-order valence-corrected chi connectivity index (χ0v) is 15.7. The van der Waals surface area contributed by atoms with Gasteiger partial charge in [-0.3, -0.25) is 4.79 Å². The summed E-state index contributed by atoms with van der Waals surface area (Å²) in [5.74, 6) is -0.120. The summed E-state index contributed by atoms with van der Waals surface area (Å²) in [6.45, 7) is 0. The van der Waals surface area contributed by atoms with Gasteiger partial charge in [-0.05, 0) is 41.1 Å². The molecule has 28 heavy (non-hydrogen) atoms. The fourth-order valence-electron chi connectivity index (χ4n) is 3.38. The van der Waals surface area contributed by atoms with E-state index in [0.717, 1.165) is 37.2 Å². The molecule has 0 saturated heterocycles. The highest BCUT2D eigenvalue weighted by Crippen LogP contribution is 2.34. The first-order chi connectivity index (χ1) is 13.8. The third kappa shape index (κ3) is 2.94. The molecule has 0 saturated carbocycles. The van der Waals surface area contributed by atoms with Crippen LogP contribution in [0.25, 0.3) is 31.6 Å². The summed E-state index contributed by atoms with van der Waals surface area (Å²) < 4.78 is 1.13. The molecule has 0 bridgehead atoms. The summed E-state index contributed by atoms with van der Waals surface area (Å²) in [6.07, 6.45) is 0. The molecular formula is C24H16N2OS. The molecule has 3 nitrogen and oxygen atoms in total. The minimum absolute atomic E-state index is 0.120. The maximum absolute atomic E-state index is 13.1. The first-order valence-corrected chi connectivity index (χ1v) is 9.85. The average molecular weight is 380 g/mol. The predicted octanol–water partition coefficient (Wildman–Crippen LogP) is 6.37. The fraction of sp³-hybridized carbons (Fsp3) is 0. The van der Waals surface area contributed by atoms with Gasteiger partial charge in [-0.1, -0.05) is 60.7 Å². The summed E-state index contributed by atoms with van der Waals surface area (Å²) in [7, 11) is 0. The lowest BCUT2D eigenvalue weighted by molar-refractivity contribution is 0.102. The van der Waals surface area contributed by atoms with Crippen molar-refractivity contribution in [3.63, 3.8) is 0 Å². The second-order valence-electron chi connectivity index (χ2n) is 6.51. The van der Waals surface area contributed by atoms with E-state index in [0.29, 0.717) is 5.56 Å². The second-order valence-corrected chi connectivity index (χ2v) is 7.54. The van der Waals surface area contributed by atoms with E-state index in [9.17, 15) is 4.79 Å². The van der Waals surface area contributed by atoms with Gasteiger partial charge in [0.05, 0.1) is 15.9 Å². The second kappa shape index (κ2) is 6.91. The number of thiazole rings is 1. The number of fused-ring (bicyclic) bond motifs is 2. The van der Waals surface area contributed by atoms with E-state index in [1.807, 2.05) is 84.9 Å². The number of nitrogens with zero attached hydrogens (tertiary/aromatic N) is 1. The van der Waals surface area contributed by atoms with Crippen molar-refractivity contribution in [2.24, 2.45) is 0 Å². The quantitative estimate of drug-likeness (QED) is 0.395. The number of anilines is 1. The van der Waals surface area contributed by atoms with Crippen molar-refractivity contribution in [1.29, 1.82) is 0 Å². The summed E-state index contributed by atoms with van der Waals surface area (Å²) in [5.41, 5.74) is 3.33. The van der Waals surface area contributed by atoms with Crippen LogP contribution >= 0.6 is 11.3 Å². The summed E-state index contributed by atoms with van der Waals surface area (Å²) in [4.78, 5) is 17.8. The number of rotatable bonds is 3. The minimum Gasteiger partial charge on any atom is -0.321 e. The molecule has 1 aromatic heterocycles. The molecule has 0 unspecified atom stereocenters. The van der Waals surface area contributed by atoms with Crippen LogP contribution in [0.5, 0.6) is 0 Å². The largest absolute Gasteiger partial charge is 0.321 e. The highest BCUT2D eigenvalue weighted by molar-refractivity contribution is 7.21. The van der Waals surface area contributed by atoms with Crippen LogP contribution in [0, 0.1) is 0 Å². The number of benzene rings is 4. The van der Waals surface area contributed by atoms with Gasteiger partial charge in [-0.15, -0.1) is 11.3 Å². The van der Waals surface area contributed by atoms with E-state index in [2.05, 4.69) is 11.4 Å². The molecule has 0 radical (unpaired) electrons. The Morgan fingerprint density at radius 2 is 1.54 bits per heavy atom. The van der Waals surface area contributed by atoms with Crippen LogP contribution in [-0.2, 0) is 0 Å². The lowest BCUT2D eigenvalue weighted by Gasteiger charge is -2.11. The van der Waals surface area contributed by atoms with Gasteiger partial charge in [0.1, 0.15) is 5.01 Å². The van der Waals surface area contributed by atoms with Crippen LogP contribution in [0.1, 0.15) is 10.4 Å². The normalized spacial score (nSPS) is 11.0.